The molecule has 1 saturated carbocycles. The number of amides is 3. The van der Waals surface area contributed by atoms with E-state index in [1.807, 2.05) is 147 Å². The number of para-hydroxylation sites is 3. The Hall–Kier alpha value is -15.2. The number of aliphatic hydroxyl groups is 1. The highest BCUT2D eigenvalue weighted by Crippen LogP contribution is 2.36. The molecular weight excluding hydrogens is 1550 g/mol. The number of piperidine rings is 3. The van der Waals surface area contributed by atoms with Crippen LogP contribution in [-0.2, 0) is 0 Å². The van der Waals surface area contributed by atoms with Gasteiger partial charge in [-0.2, -0.15) is 15.3 Å². The molecule has 3 saturated heterocycles. The van der Waals surface area contributed by atoms with Crippen molar-refractivity contribution in [2.45, 2.75) is 111 Å². The molecule has 13 heterocycles. The summed E-state index contributed by atoms with van der Waals surface area (Å²) in [6.07, 6.45) is 20.0. The van der Waals surface area contributed by atoms with Crippen molar-refractivity contribution in [1.82, 2.24) is 98.3 Å². The van der Waals surface area contributed by atoms with Crippen molar-refractivity contribution in [3.8, 4) is 52.6 Å². The molecule has 10 aromatic heterocycles. The van der Waals surface area contributed by atoms with E-state index >= 15 is 0 Å². The third-order valence-electron chi connectivity index (χ3n) is 22.7. The van der Waals surface area contributed by atoms with Crippen LogP contribution in [0.3, 0.4) is 0 Å². The SMILES string of the molecule is Cc1ccncc1C#Cc1cccc2nc([C@H](C)NC(=O)c3c(C)nn4cccnc34)n(-c3ccccc3)c(=O)c12.Cc1nn2cccnc2c1C(=O)N[C@@H](C)c1nc2cccc(C#CC3(O)CN4CCC3CC4)c2c(=O)n1-c1ccccc1.Cc1nn2cccnc2c1C(=O)N[C@@H](C)c1nc2cccc(C#CC3CCCC3)c2c(=O)n1-c1ccccc1. The lowest BCUT2D eigenvalue weighted by molar-refractivity contribution is -0.0713. The summed E-state index contributed by atoms with van der Waals surface area (Å²) in [5, 5.41) is 34.9. The van der Waals surface area contributed by atoms with Gasteiger partial charge in [0.05, 0.1) is 85.0 Å². The average Bonchev–Trinajstić information content (AvgIpc) is 1.52. The van der Waals surface area contributed by atoms with E-state index in [0.717, 1.165) is 49.9 Å². The summed E-state index contributed by atoms with van der Waals surface area (Å²) in [6, 6.07) is 49.5. The number of hydrogen-bond donors (Lipinski definition) is 4. The maximum atomic E-state index is 14.3. The summed E-state index contributed by atoms with van der Waals surface area (Å²) in [7, 11) is 0. The first-order valence-corrected chi connectivity index (χ1v) is 40.8. The van der Waals surface area contributed by atoms with Gasteiger partial charge in [0, 0.05) is 90.2 Å². The molecule has 4 fully saturated rings. The molecule has 4 N–H and O–H groups in total. The molecule has 4 aliphatic rings. The maximum absolute atomic E-state index is 14.3. The van der Waals surface area contributed by atoms with E-state index in [4.69, 9.17) is 15.0 Å². The van der Waals surface area contributed by atoms with E-state index in [-0.39, 0.29) is 40.3 Å². The van der Waals surface area contributed by atoms with Gasteiger partial charge in [-0.1, -0.05) is 121 Å². The summed E-state index contributed by atoms with van der Waals surface area (Å²) < 4.78 is 9.36. The molecule has 3 amide bonds. The van der Waals surface area contributed by atoms with Crippen molar-refractivity contribution in [1.29, 1.82) is 0 Å². The van der Waals surface area contributed by atoms with Crippen molar-refractivity contribution in [3.05, 3.63) is 330 Å². The molecule has 4 atom stereocenters. The van der Waals surface area contributed by atoms with Crippen molar-refractivity contribution in [2.24, 2.45) is 11.8 Å². The molecule has 0 radical (unpaired) electrons. The fourth-order valence-electron chi connectivity index (χ4n) is 16.5. The zero-order chi connectivity index (χ0) is 85.2. The predicted octanol–water partition coefficient (Wildman–Crippen LogP) is 12.1. The van der Waals surface area contributed by atoms with Gasteiger partial charge in [0.2, 0.25) is 0 Å². The standard InChI is InChI=1S/C33H31N7O3.C32H25N7O2.C31H28N6O2/c1-21-27(30-34-16-7-17-39(30)37-21)31(41)35-22(2)29-36-26-11-6-8-23(12-15-33(43)20-38-18-13-24(33)14-19-38)28(26)32(42)40(29)25-9-4-3-5-10-25;1-20-15-17-33-19-24(20)14-13-23-9-7-12-26-28(23)32(41)39(25-10-5-4-6-11-25)29(36-26)22(3)35-31(40)27-21(2)37-38-18-8-16-34-30(27)38;1-20-26(29-32-18-9-19-36(29)35-20)30(38)33-21(2)28-34-25-15-8-12-23(17-16-22-10-6-7-11-22)27(25)31(39)37(28)24-13-4-3-5-14-24/h3-11,16-17,22,24,43H,13-14,18-20H2,1-2H3,(H,35,41);4-12,15-19,22H,1-3H3,(H,35,40);3-5,8-9,12-15,18-19,21-22H,6-7,10-11H2,1-2H3,(H,33,38)/t22-,33?;22-;21-/m000/s1. The van der Waals surface area contributed by atoms with Gasteiger partial charge < -0.3 is 21.1 Å². The third-order valence-corrected chi connectivity index (χ3v) is 22.7. The molecule has 27 nitrogen and oxygen atoms in total. The third kappa shape index (κ3) is 16.0. The number of benzene rings is 6. The number of aromatic nitrogens is 16. The highest BCUT2D eigenvalue weighted by molar-refractivity contribution is 6.03. The lowest BCUT2D eigenvalue weighted by Gasteiger charge is -2.47. The van der Waals surface area contributed by atoms with Gasteiger partial charge in [0.15, 0.2) is 16.9 Å². The summed E-state index contributed by atoms with van der Waals surface area (Å²) >= 11 is 0. The maximum Gasteiger partial charge on any atom is 0.267 e. The summed E-state index contributed by atoms with van der Waals surface area (Å²) in [6.45, 7) is 15.2. The largest absolute Gasteiger partial charge is 0.376 e. The average molecular weight is 1630 g/mol. The van der Waals surface area contributed by atoms with E-state index in [2.05, 4.69) is 91.6 Å². The van der Waals surface area contributed by atoms with Crippen LogP contribution in [-0.4, -0.2) is 130 Å². The summed E-state index contributed by atoms with van der Waals surface area (Å²) in [4.78, 5) is 117. The minimum atomic E-state index is -1.10. The first-order valence-electron chi connectivity index (χ1n) is 40.8. The Labute approximate surface area is 705 Å². The van der Waals surface area contributed by atoms with Gasteiger partial charge in [0.25, 0.3) is 34.4 Å². The quantitative estimate of drug-likeness (QED) is 0.0826. The van der Waals surface area contributed by atoms with Crippen LogP contribution < -0.4 is 32.6 Å². The second kappa shape index (κ2) is 34.2. The van der Waals surface area contributed by atoms with E-state index in [9.17, 15) is 33.9 Å². The van der Waals surface area contributed by atoms with Crippen molar-refractivity contribution >= 4 is 67.4 Å². The molecule has 20 rings (SSSR count). The lowest BCUT2D eigenvalue weighted by atomic mass is 9.75. The van der Waals surface area contributed by atoms with E-state index in [1.54, 1.807) is 139 Å². The van der Waals surface area contributed by atoms with Crippen LogP contribution >= 0.6 is 0 Å². The minimum Gasteiger partial charge on any atom is -0.376 e. The number of aryl methyl sites for hydroxylation is 4. The minimum absolute atomic E-state index is 0.127. The number of fused-ring (bicyclic) bond motifs is 9. The Balaban J connectivity index is 0.000000131. The van der Waals surface area contributed by atoms with Crippen LogP contribution in [0.4, 0.5) is 0 Å². The Kier molecular flexibility index (Phi) is 22.3. The number of nitrogens with one attached hydrogen (secondary N) is 3. The number of carbonyl (C=O) groups is 3. The molecule has 3 aliphatic heterocycles. The summed E-state index contributed by atoms with van der Waals surface area (Å²) in [5.74, 6) is 19.9. The molecule has 1 unspecified atom stereocenters. The Morgan fingerprint density at radius 3 is 1.19 bits per heavy atom. The second-order valence-corrected chi connectivity index (χ2v) is 31.0. The van der Waals surface area contributed by atoms with Crippen molar-refractivity contribution in [3.63, 3.8) is 0 Å². The molecule has 610 valence electrons. The Morgan fingerprint density at radius 2 is 0.813 bits per heavy atom. The Bertz CT molecular complexity index is 7250. The van der Waals surface area contributed by atoms with Gasteiger partial charge in [-0.15, -0.1) is 0 Å². The number of carbonyl (C=O) groups excluding carboxylic acids is 3. The molecular formula is C96H84N20O7. The number of rotatable bonds is 12. The number of nitrogens with zero attached hydrogens (tertiary/aromatic N) is 17. The van der Waals surface area contributed by atoms with Crippen LogP contribution in [0.2, 0.25) is 0 Å². The van der Waals surface area contributed by atoms with Gasteiger partial charge in [-0.25, -0.2) is 43.5 Å². The molecule has 0 spiro atoms. The number of hydrogen-bond acceptors (Lipinski definition) is 18. The highest BCUT2D eigenvalue weighted by Gasteiger charge is 2.44. The molecule has 6 aromatic carbocycles. The van der Waals surface area contributed by atoms with Gasteiger partial charge in [-0.3, -0.25) is 52.4 Å². The molecule has 123 heavy (non-hydrogen) atoms. The topological polar surface area (TPSA) is 319 Å². The van der Waals surface area contributed by atoms with Crippen molar-refractivity contribution < 1.29 is 19.5 Å². The zero-order valence-corrected chi connectivity index (χ0v) is 68.5. The molecule has 2 bridgehead atoms. The Morgan fingerprint density at radius 1 is 0.439 bits per heavy atom. The predicted molar refractivity (Wildman–Crippen MR) is 468 cm³/mol. The zero-order valence-electron chi connectivity index (χ0n) is 68.5. The smallest absolute Gasteiger partial charge is 0.267 e. The number of pyridine rings is 1. The fraction of sp³-hybridized carbons (Fsp3) is 0.229. The first-order chi connectivity index (χ1) is 59.7. The molecule has 16 aromatic rings. The van der Waals surface area contributed by atoms with E-state index < -0.39 is 23.7 Å². The van der Waals surface area contributed by atoms with Crippen LogP contribution in [0.25, 0.3) is 66.7 Å². The molecule has 27 heteroatoms. The lowest BCUT2D eigenvalue weighted by Crippen LogP contribution is -2.58. The highest BCUT2D eigenvalue weighted by atomic mass is 16.3. The van der Waals surface area contributed by atoms with Gasteiger partial charge in [0.1, 0.15) is 39.8 Å². The van der Waals surface area contributed by atoms with Crippen LogP contribution in [0, 0.1) is 75.1 Å². The van der Waals surface area contributed by atoms with Crippen molar-refractivity contribution in [2.75, 3.05) is 19.6 Å². The van der Waals surface area contributed by atoms with Crippen LogP contribution in [0.5, 0.6) is 0 Å². The fourth-order valence-corrected chi connectivity index (χ4v) is 16.5. The van der Waals surface area contributed by atoms with Crippen LogP contribution in [0.15, 0.2) is 234 Å². The first kappa shape index (κ1) is 80.2. The van der Waals surface area contributed by atoms with E-state index in [1.165, 1.54) is 22.0 Å². The van der Waals surface area contributed by atoms with Gasteiger partial charge >= 0.3 is 0 Å². The van der Waals surface area contributed by atoms with E-state index in [0.29, 0.717) is 147 Å². The normalized spacial score (nSPS) is 16.1. The van der Waals surface area contributed by atoms with Gasteiger partial charge in [-0.05, 0) is 190 Å². The molecule has 1 aliphatic carbocycles. The monoisotopic (exact) mass is 1630 g/mol. The summed E-state index contributed by atoms with van der Waals surface area (Å²) in [5.41, 5.74) is 9.21. The van der Waals surface area contributed by atoms with Crippen LogP contribution in [0.1, 0.15) is 171 Å². The second-order valence-electron chi connectivity index (χ2n) is 31.0.